The minimum atomic E-state index is 0.993. The highest BCUT2D eigenvalue weighted by molar-refractivity contribution is 6.12. The molecule has 0 fully saturated rings. The first-order valence-corrected chi connectivity index (χ1v) is 11.6. The highest BCUT2D eigenvalue weighted by Crippen LogP contribution is 2.29. The number of fused-ring (bicyclic) bond motifs is 8. The largest absolute Gasteiger partial charge is 0.278 e. The zero-order valence-electron chi connectivity index (χ0n) is 18.8. The van der Waals surface area contributed by atoms with Crippen LogP contribution >= 0.6 is 0 Å². The predicted molar refractivity (Wildman–Crippen MR) is 146 cm³/mol. The summed E-state index contributed by atoms with van der Waals surface area (Å²) in [4.78, 5) is 8.43. The average molecular weight is 449 g/mol. The monoisotopic (exact) mass is 448 g/mol. The summed E-state index contributed by atoms with van der Waals surface area (Å²) in [6.07, 6.45) is 5.38. The lowest BCUT2D eigenvalue weighted by Gasteiger charge is -2.05. The molecule has 0 bridgehead atoms. The van der Waals surface area contributed by atoms with Gasteiger partial charge in [0.15, 0.2) is 0 Å². The molecule has 0 radical (unpaired) electrons. The molecule has 35 heavy (non-hydrogen) atoms. The van der Waals surface area contributed by atoms with Gasteiger partial charge in [0, 0.05) is 17.0 Å². The second kappa shape index (κ2) is 7.89. The summed E-state index contributed by atoms with van der Waals surface area (Å²) in [5.74, 6) is 0. The van der Waals surface area contributed by atoms with Crippen molar-refractivity contribution in [3.63, 3.8) is 0 Å². The maximum Gasteiger partial charge on any atom is 0.116 e. The molecule has 0 saturated carbocycles. The van der Waals surface area contributed by atoms with Crippen molar-refractivity contribution in [2.45, 2.75) is 0 Å². The number of nitrogens with one attached hydrogen (secondary N) is 1. The van der Waals surface area contributed by atoms with Crippen LogP contribution in [0.5, 0.6) is 0 Å². The molecule has 4 nitrogen and oxygen atoms in total. The molecule has 6 aromatic carbocycles. The number of benzene rings is 6. The Morgan fingerprint density at radius 3 is 1.77 bits per heavy atom. The van der Waals surface area contributed by atoms with E-state index >= 15 is 0 Å². The van der Waals surface area contributed by atoms with E-state index < -0.39 is 0 Å². The van der Waals surface area contributed by atoms with Gasteiger partial charge in [-0.3, -0.25) is 5.10 Å². The third kappa shape index (κ3) is 3.35. The molecule has 0 spiro atoms. The lowest BCUT2D eigenvalue weighted by molar-refractivity contribution is 1.12. The van der Waals surface area contributed by atoms with Gasteiger partial charge < -0.3 is 0 Å². The van der Waals surface area contributed by atoms with Crippen LogP contribution in [0.25, 0.3) is 64.9 Å². The number of aromatic nitrogens is 4. The highest BCUT2D eigenvalue weighted by Gasteiger charge is 2.04. The Labute approximate surface area is 200 Å². The van der Waals surface area contributed by atoms with E-state index in [4.69, 9.17) is 0 Å². The number of aromatic amines is 1. The lowest BCUT2D eigenvalue weighted by atomic mass is 10.0. The van der Waals surface area contributed by atoms with Gasteiger partial charge in [-0.1, -0.05) is 60.7 Å². The zero-order valence-corrected chi connectivity index (χ0v) is 18.8. The molecule has 8 rings (SSSR count). The summed E-state index contributed by atoms with van der Waals surface area (Å²) in [5, 5.41) is 19.5. The molecule has 0 amide bonds. The maximum absolute atomic E-state index is 4.30. The van der Waals surface area contributed by atoms with Crippen LogP contribution in [-0.4, -0.2) is 20.2 Å². The van der Waals surface area contributed by atoms with Crippen LogP contribution in [0, 0.1) is 0 Å². The summed E-state index contributed by atoms with van der Waals surface area (Å²) in [6, 6.07) is 34.2. The fourth-order valence-corrected chi connectivity index (χ4v) is 4.92. The number of H-pyrrole nitrogens is 1. The summed E-state index contributed by atoms with van der Waals surface area (Å²) >= 11 is 0. The second-order valence-electron chi connectivity index (χ2n) is 8.76. The van der Waals surface area contributed by atoms with Gasteiger partial charge in [0.1, 0.15) is 6.33 Å². The summed E-state index contributed by atoms with van der Waals surface area (Å²) < 4.78 is 0. The lowest BCUT2D eigenvalue weighted by Crippen LogP contribution is -1.83. The van der Waals surface area contributed by atoms with Crippen LogP contribution in [-0.2, 0) is 0 Å². The first-order chi connectivity index (χ1) is 17.3. The number of rotatable bonds is 0. The smallest absolute Gasteiger partial charge is 0.116 e. The number of hydrogen-bond acceptors (Lipinski definition) is 3. The van der Waals surface area contributed by atoms with Crippen molar-refractivity contribution in [1.29, 1.82) is 0 Å². The van der Waals surface area contributed by atoms with Crippen LogP contribution in [0.15, 0.2) is 116 Å². The van der Waals surface area contributed by atoms with Crippen molar-refractivity contribution in [1.82, 2.24) is 20.2 Å². The van der Waals surface area contributed by atoms with Gasteiger partial charge in [0.25, 0.3) is 0 Å². The molecule has 2 heterocycles. The minimum Gasteiger partial charge on any atom is -0.278 e. The van der Waals surface area contributed by atoms with E-state index in [1.807, 2.05) is 18.5 Å². The molecule has 0 aliphatic carbocycles. The van der Waals surface area contributed by atoms with Crippen LogP contribution in [0.3, 0.4) is 0 Å². The SMILES string of the molecule is c1ccc2cc3c(ccc4[nH]ncc43)cc2c1.c1ccc2cc3c(ccc4ncncc43)cc2c1. The Bertz CT molecular complexity index is 2010. The molecule has 0 atom stereocenters. The Morgan fingerprint density at radius 1 is 0.486 bits per heavy atom. The average Bonchev–Trinajstić information content (AvgIpc) is 3.41. The molecule has 0 aliphatic heterocycles. The van der Waals surface area contributed by atoms with Crippen molar-refractivity contribution in [3.05, 3.63) is 116 Å². The van der Waals surface area contributed by atoms with E-state index in [1.165, 1.54) is 48.5 Å². The summed E-state index contributed by atoms with van der Waals surface area (Å²) in [7, 11) is 0. The Hall–Kier alpha value is -4.83. The molecule has 0 unspecified atom stereocenters. The molecule has 0 saturated heterocycles. The third-order valence-corrected chi connectivity index (χ3v) is 6.68. The predicted octanol–water partition coefficient (Wildman–Crippen LogP) is 7.81. The van der Waals surface area contributed by atoms with Crippen LogP contribution < -0.4 is 0 Å². The standard InChI is InChI=1S/C16H10N2.C15H10N2/c1-2-4-12-8-14-13(7-11(12)3-1)5-6-16-15(14)9-17-10-18-16;1-2-4-11-8-13-12(7-10(11)3-1)5-6-15-14(13)9-16-17-15/h1-10H;1-9H,(H,16,17). The van der Waals surface area contributed by atoms with E-state index in [9.17, 15) is 0 Å². The van der Waals surface area contributed by atoms with Gasteiger partial charge in [-0.05, 0) is 79.5 Å². The Balaban J connectivity index is 0.000000120. The quantitative estimate of drug-likeness (QED) is 0.190. The minimum absolute atomic E-state index is 0.993. The van der Waals surface area contributed by atoms with E-state index in [2.05, 4.69) is 111 Å². The topological polar surface area (TPSA) is 54.5 Å². The van der Waals surface area contributed by atoms with E-state index in [0.717, 1.165) is 16.4 Å². The molecule has 0 aliphatic rings. The fourth-order valence-electron chi connectivity index (χ4n) is 4.92. The van der Waals surface area contributed by atoms with Gasteiger partial charge >= 0.3 is 0 Å². The van der Waals surface area contributed by atoms with Crippen molar-refractivity contribution in [3.8, 4) is 0 Å². The van der Waals surface area contributed by atoms with Gasteiger partial charge in [0.2, 0.25) is 0 Å². The van der Waals surface area contributed by atoms with Crippen molar-refractivity contribution < 1.29 is 0 Å². The van der Waals surface area contributed by atoms with Crippen LogP contribution in [0.1, 0.15) is 0 Å². The first-order valence-electron chi connectivity index (χ1n) is 11.6. The van der Waals surface area contributed by atoms with Gasteiger partial charge in [-0.2, -0.15) is 5.10 Å². The maximum atomic E-state index is 4.30. The van der Waals surface area contributed by atoms with E-state index in [-0.39, 0.29) is 0 Å². The van der Waals surface area contributed by atoms with Gasteiger partial charge in [0.05, 0.1) is 17.2 Å². The Kier molecular flexibility index (Phi) is 4.42. The molecule has 8 aromatic rings. The number of hydrogen-bond donors (Lipinski definition) is 1. The molecule has 4 heteroatoms. The van der Waals surface area contributed by atoms with Gasteiger partial charge in [-0.25, -0.2) is 9.97 Å². The van der Waals surface area contributed by atoms with Crippen LogP contribution in [0.4, 0.5) is 0 Å². The summed E-state index contributed by atoms with van der Waals surface area (Å²) in [6.45, 7) is 0. The molecular formula is C31H20N4. The first kappa shape index (κ1) is 19.6. The third-order valence-electron chi connectivity index (χ3n) is 6.68. The Morgan fingerprint density at radius 2 is 1.09 bits per heavy atom. The zero-order chi connectivity index (χ0) is 23.2. The van der Waals surface area contributed by atoms with E-state index in [0.29, 0.717) is 0 Å². The molecule has 2 aromatic heterocycles. The molecular weight excluding hydrogens is 428 g/mol. The van der Waals surface area contributed by atoms with Crippen molar-refractivity contribution in [2.75, 3.05) is 0 Å². The van der Waals surface area contributed by atoms with Crippen molar-refractivity contribution in [2.24, 2.45) is 0 Å². The van der Waals surface area contributed by atoms with Crippen LogP contribution in [0.2, 0.25) is 0 Å². The highest BCUT2D eigenvalue weighted by atomic mass is 15.1. The number of nitrogens with zero attached hydrogens (tertiary/aromatic N) is 3. The second-order valence-corrected chi connectivity index (χ2v) is 8.76. The summed E-state index contributed by atoms with van der Waals surface area (Å²) in [5.41, 5.74) is 2.08. The normalized spacial score (nSPS) is 11.4. The van der Waals surface area contributed by atoms with E-state index in [1.54, 1.807) is 6.33 Å². The van der Waals surface area contributed by atoms with Crippen molar-refractivity contribution >= 4 is 64.9 Å². The van der Waals surface area contributed by atoms with Gasteiger partial charge in [-0.15, -0.1) is 0 Å². The molecule has 164 valence electrons. The molecule has 1 N–H and O–H groups in total. The fraction of sp³-hybridized carbons (Fsp3) is 0.